The summed E-state index contributed by atoms with van der Waals surface area (Å²) < 4.78 is 2.37. The van der Waals surface area contributed by atoms with Gasteiger partial charge in [0, 0.05) is 17.6 Å². The lowest BCUT2D eigenvalue weighted by atomic mass is 10.1. The van der Waals surface area contributed by atoms with Gasteiger partial charge < -0.3 is 9.88 Å². The van der Waals surface area contributed by atoms with E-state index in [-0.39, 0.29) is 0 Å². The third kappa shape index (κ3) is 2.79. The van der Waals surface area contributed by atoms with Crippen LogP contribution in [0.4, 0.5) is 0 Å². The Bertz CT molecular complexity index is 667. The monoisotopic (exact) mass is 284 g/mol. The van der Waals surface area contributed by atoms with E-state index in [9.17, 15) is 0 Å². The molecule has 1 aromatic carbocycles. The molecule has 2 heterocycles. The Hall–Kier alpha value is -1.58. The van der Waals surface area contributed by atoms with Crippen molar-refractivity contribution >= 4 is 22.2 Å². The van der Waals surface area contributed by atoms with Gasteiger partial charge in [-0.05, 0) is 41.4 Å². The van der Waals surface area contributed by atoms with Crippen LogP contribution >= 0.6 is 11.3 Å². The topological polar surface area (TPSA) is 17.0 Å². The number of nitrogens with zero attached hydrogens (tertiary/aromatic N) is 1. The van der Waals surface area contributed by atoms with Crippen LogP contribution < -0.4 is 5.32 Å². The Morgan fingerprint density at radius 3 is 2.90 bits per heavy atom. The van der Waals surface area contributed by atoms with Gasteiger partial charge in [0.15, 0.2) is 0 Å². The highest BCUT2D eigenvalue weighted by Gasteiger charge is 2.07. The average molecular weight is 284 g/mol. The van der Waals surface area contributed by atoms with Crippen LogP contribution in [-0.2, 0) is 13.1 Å². The molecule has 0 saturated carbocycles. The molecule has 0 aliphatic heterocycles. The predicted molar refractivity (Wildman–Crippen MR) is 87.4 cm³/mol. The van der Waals surface area contributed by atoms with Crippen molar-refractivity contribution in [3.63, 3.8) is 0 Å². The molecule has 0 aliphatic rings. The van der Waals surface area contributed by atoms with Crippen molar-refractivity contribution in [2.45, 2.75) is 26.4 Å². The van der Waals surface area contributed by atoms with E-state index in [0.29, 0.717) is 0 Å². The molecule has 20 heavy (non-hydrogen) atoms. The van der Waals surface area contributed by atoms with Crippen LogP contribution in [0.5, 0.6) is 0 Å². The van der Waals surface area contributed by atoms with E-state index in [1.165, 1.54) is 27.8 Å². The molecule has 0 saturated heterocycles. The molecule has 3 aromatic rings. The Morgan fingerprint density at radius 2 is 2.10 bits per heavy atom. The molecule has 3 rings (SSSR count). The van der Waals surface area contributed by atoms with Gasteiger partial charge in [-0.25, -0.2) is 0 Å². The Labute approximate surface area is 124 Å². The first kappa shape index (κ1) is 13.4. The summed E-state index contributed by atoms with van der Waals surface area (Å²) in [5.41, 5.74) is 2.75. The summed E-state index contributed by atoms with van der Waals surface area (Å²) in [6.45, 7) is 5.18. The van der Waals surface area contributed by atoms with Crippen molar-refractivity contribution in [3.05, 3.63) is 58.4 Å². The van der Waals surface area contributed by atoms with Crippen LogP contribution in [-0.4, -0.2) is 11.1 Å². The third-order valence-corrected chi connectivity index (χ3v) is 4.38. The largest absolute Gasteiger partial charge is 0.342 e. The number of hydrogen-bond donors (Lipinski definition) is 1. The molecule has 2 aromatic heterocycles. The first-order valence-corrected chi connectivity index (χ1v) is 8.06. The van der Waals surface area contributed by atoms with Gasteiger partial charge in [-0.2, -0.15) is 0 Å². The zero-order valence-corrected chi connectivity index (χ0v) is 12.6. The Morgan fingerprint density at radius 1 is 1.15 bits per heavy atom. The first-order chi connectivity index (χ1) is 9.88. The smallest absolute Gasteiger partial charge is 0.0569 e. The van der Waals surface area contributed by atoms with Crippen LogP contribution in [0.15, 0.2) is 48.0 Å². The van der Waals surface area contributed by atoms with Crippen molar-refractivity contribution in [2.75, 3.05) is 6.54 Å². The molecule has 0 bridgehead atoms. The Kier molecular flexibility index (Phi) is 4.19. The zero-order chi connectivity index (χ0) is 13.8. The number of hydrogen-bond acceptors (Lipinski definition) is 2. The quantitative estimate of drug-likeness (QED) is 0.670. The van der Waals surface area contributed by atoms with Gasteiger partial charge in [0.05, 0.1) is 12.1 Å². The molecule has 0 radical (unpaired) electrons. The Balaban J connectivity index is 1.92. The molecule has 0 unspecified atom stereocenters. The number of fused-ring (bicyclic) bond motifs is 1. The van der Waals surface area contributed by atoms with Crippen LogP contribution in [0, 0.1) is 0 Å². The van der Waals surface area contributed by atoms with Crippen molar-refractivity contribution in [1.82, 2.24) is 9.88 Å². The number of benzene rings is 1. The lowest BCUT2D eigenvalue weighted by Crippen LogP contribution is -2.14. The molecular formula is C17H20N2S. The molecule has 104 valence electrons. The summed E-state index contributed by atoms with van der Waals surface area (Å²) in [6.07, 6.45) is 3.37. The third-order valence-electron chi connectivity index (χ3n) is 3.52. The van der Waals surface area contributed by atoms with Crippen molar-refractivity contribution < 1.29 is 0 Å². The van der Waals surface area contributed by atoms with Gasteiger partial charge >= 0.3 is 0 Å². The predicted octanol–water partition coefficient (Wildman–Crippen LogP) is 4.25. The van der Waals surface area contributed by atoms with E-state index in [2.05, 4.69) is 64.8 Å². The highest BCUT2D eigenvalue weighted by molar-refractivity contribution is 7.09. The summed E-state index contributed by atoms with van der Waals surface area (Å²) in [5.74, 6) is 0. The van der Waals surface area contributed by atoms with Gasteiger partial charge in [-0.15, -0.1) is 11.3 Å². The summed E-state index contributed by atoms with van der Waals surface area (Å²) in [7, 11) is 0. The summed E-state index contributed by atoms with van der Waals surface area (Å²) in [4.78, 5) is 1.40. The van der Waals surface area contributed by atoms with E-state index in [1.807, 2.05) is 11.3 Å². The highest BCUT2D eigenvalue weighted by atomic mass is 32.1. The van der Waals surface area contributed by atoms with E-state index >= 15 is 0 Å². The fraction of sp³-hybridized carbons (Fsp3) is 0.294. The molecule has 0 fully saturated rings. The van der Waals surface area contributed by atoms with Crippen molar-refractivity contribution in [2.24, 2.45) is 0 Å². The number of nitrogens with one attached hydrogen (secondary N) is 1. The van der Waals surface area contributed by atoms with Crippen LogP contribution in [0.1, 0.15) is 23.8 Å². The van der Waals surface area contributed by atoms with Gasteiger partial charge in [-0.3, -0.25) is 0 Å². The zero-order valence-electron chi connectivity index (χ0n) is 11.8. The minimum atomic E-state index is 0.944. The summed E-state index contributed by atoms with van der Waals surface area (Å²) in [6, 6.07) is 13.1. The molecule has 0 aliphatic carbocycles. The average Bonchev–Trinajstić information content (AvgIpc) is 3.10. The molecule has 0 spiro atoms. The number of thiophene rings is 1. The van der Waals surface area contributed by atoms with Gasteiger partial charge in [0.2, 0.25) is 0 Å². The van der Waals surface area contributed by atoms with Crippen LogP contribution in [0.25, 0.3) is 10.9 Å². The molecule has 3 heteroatoms. The van der Waals surface area contributed by atoms with E-state index in [4.69, 9.17) is 0 Å². The van der Waals surface area contributed by atoms with E-state index in [0.717, 1.165) is 19.6 Å². The SMILES string of the molecule is CCCNCc1cccc2ccn(Cc3cccs3)c12. The molecule has 2 nitrogen and oxygen atoms in total. The number of para-hydroxylation sites is 1. The number of aromatic nitrogens is 1. The first-order valence-electron chi connectivity index (χ1n) is 7.18. The molecular weight excluding hydrogens is 264 g/mol. The highest BCUT2D eigenvalue weighted by Crippen LogP contribution is 2.22. The minimum absolute atomic E-state index is 0.944. The summed E-state index contributed by atoms with van der Waals surface area (Å²) >= 11 is 1.82. The van der Waals surface area contributed by atoms with Crippen molar-refractivity contribution in [3.8, 4) is 0 Å². The lowest BCUT2D eigenvalue weighted by molar-refractivity contribution is 0.675. The minimum Gasteiger partial charge on any atom is -0.342 e. The molecule has 0 atom stereocenters. The normalized spacial score (nSPS) is 11.2. The molecule has 0 amide bonds. The fourth-order valence-corrected chi connectivity index (χ4v) is 3.29. The van der Waals surface area contributed by atoms with Crippen LogP contribution in [0.3, 0.4) is 0 Å². The maximum atomic E-state index is 3.51. The second kappa shape index (κ2) is 6.25. The second-order valence-corrected chi connectivity index (χ2v) is 6.09. The van der Waals surface area contributed by atoms with Gasteiger partial charge in [0.1, 0.15) is 0 Å². The molecule has 1 N–H and O–H groups in total. The van der Waals surface area contributed by atoms with Crippen molar-refractivity contribution in [1.29, 1.82) is 0 Å². The standard InChI is InChI=1S/C17H20N2S/c1-2-9-18-12-15-6-3-5-14-8-10-19(17(14)15)13-16-7-4-11-20-16/h3-8,10-11,18H,2,9,12-13H2,1H3. The van der Waals surface area contributed by atoms with E-state index in [1.54, 1.807) is 0 Å². The fourth-order valence-electron chi connectivity index (χ4n) is 2.59. The second-order valence-electron chi connectivity index (χ2n) is 5.05. The van der Waals surface area contributed by atoms with Gasteiger partial charge in [-0.1, -0.05) is 31.2 Å². The maximum absolute atomic E-state index is 3.51. The number of rotatable bonds is 6. The maximum Gasteiger partial charge on any atom is 0.0569 e. The lowest BCUT2D eigenvalue weighted by Gasteiger charge is -2.10. The van der Waals surface area contributed by atoms with E-state index < -0.39 is 0 Å². The summed E-state index contributed by atoms with van der Waals surface area (Å²) in [5, 5.41) is 6.98. The van der Waals surface area contributed by atoms with Crippen LogP contribution in [0.2, 0.25) is 0 Å². The van der Waals surface area contributed by atoms with Gasteiger partial charge in [0.25, 0.3) is 0 Å².